The van der Waals surface area contributed by atoms with Gasteiger partial charge in [0.2, 0.25) is 0 Å². The van der Waals surface area contributed by atoms with Crippen molar-refractivity contribution in [3.63, 3.8) is 0 Å². The molecule has 0 aliphatic rings. The Bertz CT molecular complexity index is 882. The molecular weight excluding hydrogens is 306 g/mol. The van der Waals surface area contributed by atoms with Crippen LogP contribution in [0.3, 0.4) is 0 Å². The number of aryl methyl sites for hydroxylation is 2. The maximum absolute atomic E-state index is 12.4. The van der Waals surface area contributed by atoms with Crippen LogP contribution in [0.1, 0.15) is 34.8 Å². The van der Waals surface area contributed by atoms with Gasteiger partial charge in [0.05, 0.1) is 11.4 Å². The molecule has 23 heavy (non-hydrogen) atoms. The Balaban J connectivity index is 1.91. The number of rotatable bonds is 4. The maximum atomic E-state index is 12.4. The Kier molecular flexibility index (Phi) is 4.33. The van der Waals surface area contributed by atoms with Crippen LogP contribution in [0, 0.1) is 13.8 Å². The van der Waals surface area contributed by atoms with E-state index in [0.29, 0.717) is 0 Å². The van der Waals surface area contributed by atoms with E-state index in [1.807, 2.05) is 39.1 Å². The van der Waals surface area contributed by atoms with E-state index in [9.17, 15) is 4.79 Å². The fourth-order valence-corrected chi connectivity index (χ4v) is 3.72. The highest BCUT2D eigenvalue weighted by Crippen LogP contribution is 2.27. The number of nitrogens with one attached hydrogen (secondary N) is 1. The molecule has 0 saturated heterocycles. The Hall–Kier alpha value is -1.98. The molecule has 0 aliphatic carbocycles. The molecule has 0 saturated carbocycles. The van der Waals surface area contributed by atoms with Crippen molar-refractivity contribution in [1.29, 1.82) is 0 Å². The van der Waals surface area contributed by atoms with Gasteiger partial charge in [-0.2, -0.15) is 0 Å². The van der Waals surface area contributed by atoms with E-state index >= 15 is 0 Å². The summed E-state index contributed by atoms with van der Waals surface area (Å²) < 4.78 is 0. The van der Waals surface area contributed by atoms with Gasteiger partial charge < -0.3 is 4.98 Å². The number of aromatic amines is 1. The highest BCUT2D eigenvalue weighted by Gasteiger charge is 2.18. The first-order chi connectivity index (χ1) is 11.0. The summed E-state index contributed by atoms with van der Waals surface area (Å²) in [4.78, 5) is 24.3. The summed E-state index contributed by atoms with van der Waals surface area (Å²) in [7, 11) is 2.05. The Morgan fingerprint density at radius 2 is 1.96 bits per heavy atom. The first-order valence-corrected chi connectivity index (χ1v) is 8.53. The van der Waals surface area contributed by atoms with Crippen LogP contribution in [-0.4, -0.2) is 21.9 Å². The summed E-state index contributed by atoms with van der Waals surface area (Å²) in [6, 6.07) is 10.3. The number of fused-ring (bicyclic) bond motifs is 1. The predicted molar refractivity (Wildman–Crippen MR) is 96.0 cm³/mol. The van der Waals surface area contributed by atoms with Gasteiger partial charge >= 0.3 is 0 Å². The van der Waals surface area contributed by atoms with Crippen LogP contribution in [0.4, 0.5) is 0 Å². The number of aromatic nitrogens is 2. The van der Waals surface area contributed by atoms with Gasteiger partial charge in [0.25, 0.3) is 5.56 Å². The smallest absolute Gasteiger partial charge is 0.259 e. The van der Waals surface area contributed by atoms with Gasteiger partial charge in [-0.05, 0) is 38.9 Å². The fourth-order valence-electron chi connectivity index (χ4n) is 2.69. The summed E-state index contributed by atoms with van der Waals surface area (Å²) >= 11 is 1.59. The van der Waals surface area contributed by atoms with E-state index < -0.39 is 0 Å². The van der Waals surface area contributed by atoms with Crippen molar-refractivity contribution in [1.82, 2.24) is 14.9 Å². The monoisotopic (exact) mass is 327 g/mol. The van der Waals surface area contributed by atoms with Crippen LogP contribution >= 0.6 is 11.3 Å². The van der Waals surface area contributed by atoms with Gasteiger partial charge in [-0.1, -0.05) is 30.3 Å². The average molecular weight is 327 g/mol. The predicted octanol–water partition coefficient (Wildman–Crippen LogP) is 3.79. The van der Waals surface area contributed by atoms with Gasteiger partial charge in [0.1, 0.15) is 10.7 Å². The number of benzene rings is 1. The largest absolute Gasteiger partial charge is 0.309 e. The minimum absolute atomic E-state index is 0.0354. The topological polar surface area (TPSA) is 49.0 Å². The molecule has 1 aromatic carbocycles. The van der Waals surface area contributed by atoms with Crippen LogP contribution in [0.15, 0.2) is 35.1 Å². The van der Waals surface area contributed by atoms with Crippen LogP contribution in [0.2, 0.25) is 0 Å². The lowest BCUT2D eigenvalue weighted by Gasteiger charge is -2.23. The maximum Gasteiger partial charge on any atom is 0.259 e. The van der Waals surface area contributed by atoms with E-state index in [1.165, 1.54) is 5.56 Å². The molecule has 3 aromatic rings. The van der Waals surface area contributed by atoms with E-state index in [2.05, 4.69) is 28.9 Å². The van der Waals surface area contributed by atoms with Crippen molar-refractivity contribution in [3.8, 4) is 0 Å². The number of nitrogens with zero attached hydrogens (tertiary/aromatic N) is 2. The summed E-state index contributed by atoms with van der Waals surface area (Å²) in [5, 5.41) is 0.731. The molecular formula is C18H21N3OS. The third-order valence-electron chi connectivity index (χ3n) is 4.39. The summed E-state index contributed by atoms with van der Waals surface area (Å²) in [6.45, 7) is 6.90. The molecule has 0 fully saturated rings. The summed E-state index contributed by atoms with van der Waals surface area (Å²) in [6.07, 6.45) is 0. The fraction of sp³-hybridized carbons (Fsp3) is 0.333. The zero-order valence-corrected chi connectivity index (χ0v) is 14.7. The van der Waals surface area contributed by atoms with Gasteiger partial charge in [-0.15, -0.1) is 11.3 Å². The third-order valence-corrected chi connectivity index (χ3v) is 5.49. The van der Waals surface area contributed by atoms with Gasteiger partial charge in [0, 0.05) is 11.4 Å². The SMILES string of the molecule is Cc1sc2nc([C@H](C)N(C)Cc3ccccc3)[nH]c(=O)c2c1C. The molecule has 5 heteroatoms. The van der Waals surface area contributed by atoms with E-state index in [1.54, 1.807) is 11.3 Å². The molecule has 0 bridgehead atoms. The minimum Gasteiger partial charge on any atom is -0.309 e. The van der Waals surface area contributed by atoms with Crippen molar-refractivity contribution in [2.24, 2.45) is 0 Å². The van der Waals surface area contributed by atoms with Crippen molar-refractivity contribution in [2.45, 2.75) is 33.4 Å². The molecule has 0 aliphatic heterocycles. The summed E-state index contributed by atoms with van der Waals surface area (Å²) in [5.74, 6) is 0.724. The Morgan fingerprint density at radius 3 is 2.65 bits per heavy atom. The number of hydrogen-bond acceptors (Lipinski definition) is 4. The third kappa shape index (κ3) is 3.07. The van der Waals surface area contributed by atoms with Crippen LogP contribution in [0.25, 0.3) is 10.2 Å². The molecule has 1 N–H and O–H groups in total. The molecule has 120 valence electrons. The van der Waals surface area contributed by atoms with E-state index in [-0.39, 0.29) is 11.6 Å². The molecule has 4 nitrogen and oxygen atoms in total. The lowest BCUT2D eigenvalue weighted by Crippen LogP contribution is -2.25. The first-order valence-electron chi connectivity index (χ1n) is 7.71. The molecule has 0 radical (unpaired) electrons. The molecule has 2 aromatic heterocycles. The second kappa shape index (κ2) is 6.26. The second-order valence-electron chi connectivity index (χ2n) is 5.99. The van der Waals surface area contributed by atoms with E-state index in [4.69, 9.17) is 4.98 Å². The van der Waals surface area contributed by atoms with Gasteiger partial charge in [-0.25, -0.2) is 4.98 Å². The molecule has 0 spiro atoms. The average Bonchev–Trinajstić information content (AvgIpc) is 2.82. The lowest BCUT2D eigenvalue weighted by molar-refractivity contribution is 0.244. The zero-order valence-electron chi connectivity index (χ0n) is 13.9. The quantitative estimate of drug-likeness (QED) is 0.793. The standard InChI is InChI=1S/C18H21N3OS/c1-11-13(3)23-18-15(11)17(22)19-16(20-18)12(2)21(4)10-14-8-6-5-7-9-14/h5-9,12H,10H2,1-4H3,(H,19,20,22)/t12-/m0/s1. The lowest BCUT2D eigenvalue weighted by atomic mass is 10.2. The van der Waals surface area contributed by atoms with Crippen molar-refractivity contribution in [2.75, 3.05) is 7.05 Å². The van der Waals surface area contributed by atoms with Crippen molar-refractivity contribution in [3.05, 3.63) is 62.5 Å². The van der Waals surface area contributed by atoms with Crippen LogP contribution < -0.4 is 5.56 Å². The molecule has 2 heterocycles. The van der Waals surface area contributed by atoms with Crippen LogP contribution in [0.5, 0.6) is 0 Å². The van der Waals surface area contributed by atoms with E-state index in [0.717, 1.165) is 33.0 Å². The number of hydrogen-bond donors (Lipinski definition) is 1. The second-order valence-corrected chi connectivity index (χ2v) is 7.19. The first kappa shape index (κ1) is 15.9. The van der Waals surface area contributed by atoms with Gasteiger partial charge in [-0.3, -0.25) is 9.69 Å². The van der Waals surface area contributed by atoms with Crippen molar-refractivity contribution < 1.29 is 0 Å². The number of thiophene rings is 1. The Labute approximate surface area is 139 Å². The normalized spacial score (nSPS) is 12.9. The van der Waals surface area contributed by atoms with Crippen LogP contribution in [-0.2, 0) is 6.54 Å². The van der Waals surface area contributed by atoms with Gasteiger partial charge in [0.15, 0.2) is 0 Å². The summed E-state index contributed by atoms with van der Waals surface area (Å²) in [5.41, 5.74) is 2.25. The Morgan fingerprint density at radius 1 is 1.26 bits per heavy atom. The van der Waals surface area contributed by atoms with Crippen molar-refractivity contribution >= 4 is 21.6 Å². The molecule has 0 unspecified atom stereocenters. The zero-order chi connectivity index (χ0) is 16.6. The number of H-pyrrole nitrogens is 1. The highest BCUT2D eigenvalue weighted by atomic mass is 32.1. The molecule has 1 atom stereocenters. The highest BCUT2D eigenvalue weighted by molar-refractivity contribution is 7.18. The molecule has 3 rings (SSSR count). The molecule has 0 amide bonds. The minimum atomic E-state index is -0.0354.